The van der Waals surface area contributed by atoms with Gasteiger partial charge in [-0.05, 0) is 47.6 Å². The molecule has 1 N–H and O–H groups in total. The Balaban J connectivity index is 1.32. The molecule has 0 saturated carbocycles. The molecule has 4 aromatic rings. The first-order valence-electron chi connectivity index (χ1n) is 12.7. The standard InChI is InChI=1S/C28H30ClN5O2/c1-3-23-17(2)24(35-16-18-9-5-4-6-10-18)25(36-23)22-15-30-27-26(32-28(29)33-34(22)27)31-21-14-13-19-11-7-8-12-20(19)21/h4-12,15,17,21,23-25H,3,13-14,16H2,1-2H3,(H,31,32,33)/t17-,21+,23-,24-,25+/m1/s1. The van der Waals surface area contributed by atoms with Crippen molar-refractivity contribution in [2.45, 2.75) is 64.1 Å². The first kappa shape index (κ1) is 23.4. The van der Waals surface area contributed by atoms with Gasteiger partial charge in [-0.2, -0.15) is 4.98 Å². The second-order valence-electron chi connectivity index (χ2n) is 9.71. The molecule has 0 unspecified atom stereocenters. The molecule has 1 aliphatic carbocycles. The van der Waals surface area contributed by atoms with Crippen LogP contribution in [0.4, 0.5) is 5.82 Å². The topological polar surface area (TPSA) is 73.6 Å². The van der Waals surface area contributed by atoms with Gasteiger partial charge in [-0.1, -0.05) is 68.4 Å². The summed E-state index contributed by atoms with van der Waals surface area (Å²) in [4.78, 5) is 9.22. The zero-order valence-corrected chi connectivity index (χ0v) is 21.2. The maximum absolute atomic E-state index is 6.53. The molecule has 0 spiro atoms. The Morgan fingerprint density at radius 2 is 1.94 bits per heavy atom. The van der Waals surface area contributed by atoms with Crippen molar-refractivity contribution in [3.63, 3.8) is 0 Å². The molecular formula is C28H30ClN5O2. The molecule has 2 aromatic heterocycles. The van der Waals surface area contributed by atoms with Crippen molar-refractivity contribution in [1.82, 2.24) is 19.6 Å². The van der Waals surface area contributed by atoms with E-state index in [0.29, 0.717) is 18.1 Å². The number of fused-ring (bicyclic) bond motifs is 2. The lowest BCUT2D eigenvalue weighted by Crippen LogP contribution is -2.26. The lowest BCUT2D eigenvalue weighted by Gasteiger charge is -2.22. The molecule has 5 atom stereocenters. The van der Waals surface area contributed by atoms with E-state index < -0.39 is 0 Å². The van der Waals surface area contributed by atoms with E-state index in [1.165, 1.54) is 11.1 Å². The van der Waals surface area contributed by atoms with Gasteiger partial charge in [-0.15, -0.1) is 5.10 Å². The van der Waals surface area contributed by atoms with Crippen molar-refractivity contribution in [2.75, 3.05) is 5.32 Å². The number of hydrogen-bond donors (Lipinski definition) is 1. The van der Waals surface area contributed by atoms with Crippen molar-refractivity contribution in [1.29, 1.82) is 0 Å². The summed E-state index contributed by atoms with van der Waals surface area (Å²) in [6.45, 7) is 4.86. The highest BCUT2D eigenvalue weighted by atomic mass is 35.5. The summed E-state index contributed by atoms with van der Waals surface area (Å²) in [5.74, 6) is 0.849. The summed E-state index contributed by atoms with van der Waals surface area (Å²) in [6.07, 6.45) is 4.40. The van der Waals surface area contributed by atoms with Crippen LogP contribution in [0.2, 0.25) is 5.28 Å². The molecule has 2 aliphatic rings. The maximum Gasteiger partial charge on any atom is 0.243 e. The second-order valence-corrected chi connectivity index (χ2v) is 10.0. The molecular weight excluding hydrogens is 474 g/mol. The van der Waals surface area contributed by atoms with E-state index in [1.807, 2.05) is 24.4 Å². The third kappa shape index (κ3) is 4.25. The fraction of sp³-hybridized carbons (Fsp3) is 0.393. The van der Waals surface area contributed by atoms with Gasteiger partial charge in [-0.3, -0.25) is 0 Å². The van der Waals surface area contributed by atoms with Crippen molar-refractivity contribution in [3.05, 3.63) is 88.5 Å². The molecule has 186 valence electrons. The Hall–Kier alpha value is -3.00. The van der Waals surface area contributed by atoms with Gasteiger partial charge in [0.2, 0.25) is 5.28 Å². The van der Waals surface area contributed by atoms with Gasteiger partial charge in [0, 0.05) is 5.92 Å². The largest absolute Gasteiger partial charge is 0.370 e. The average Bonchev–Trinajstić information content (AvgIpc) is 3.59. The minimum absolute atomic E-state index is 0.0891. The Kier molecular flexibility index (Phi) is 6.37. The van der Waals surface area contributed by atoms with Crippen LogP contribution in [-0.2, 0) is 22.5 Å². The van der Waals surface area contributed by atoms with E-state index in [9.17, 15) is 0 Å². The predicted molar refractivity (Wildman–Crippen MR) is 139 cm³/mol. The smallest absolute Gasteiger partial charge is 0.243 e. The Labute approximate surface area is 215 Å². The van der Waals surface area contributed by atoms with Gasteiger partial charge in [-0.25, -0.2) is 9.50 Å². The number of hydrogen-bond acceptors (Lipinski definition) is 6. The van der Waals surface area contributed by atoms with Crippen molar-refractivity contribution in [2.24, 2.45) is 5.92 Å². The lowest BCUT2D eigenvalue weighted by atomic mass is 9.95. The molecule has 0 bridgehead atoms. The first-order valence-corrected chi connectivity index (χ1v) is 13.1. The predicted octanol–water partition coefficient (Wildman–Crippen LogP) is 5.95. The molecule has 3 heterocycles. The summed E-state index contributed by atoms with van der Waals surface area (Å²) in [6, 6.07) is 18.9. The third-order valence-electron chi connectivity index (χ3n) is 7.51. The number of benzene rings is 2. The Bertz CT molecular complexity index is 1360. The normalized spacial score (nSPS) is 25.4. The number of anilines is 1. The van der Waals surface area contributed by atoms with Crippen LogP contribution >= 0.6 is 11.6 Å². The fourth-order valence-electron chi connectivity index (χ4n) is 5.62. The quantitative estimate of drug-likeness (QED) is 0.336. The third-order valence-corrected chi connectivity index (χ3v) is 7.67. The highest BCUT2D eigenvalue weighted by molar-refractivity contribution is 6.28. The van der Waals surface area contributed by atoms with Gasteiger partial charge in [0.25, 0.3) is 0 Å². The molecule has 1 saturated heterocycles. The molecule has 36 heavy (non-hydrogen) atoms. The molecule has 0 radical (unpaired) electrons. The van der Waals surface area contributed by atoms with E-state index in [1.54, 1.807) is 4.52 Å². The molecule has 2 aromatic carbocycles. The minimum atomic E-state index is -0.310. The molecule has 0 amide bonds. The number of rotatable bonds is 7. The molecule has 7 nitrogen and oxygen atoms in total. The summed E-state index contributed by atoms with van der Waals surface area (Å²) < 4.78 is 14.8. The van der Waals surface area contributed by atoms with Crippen LogP contribution in [0.5, 0.6) is 0 Å². The van der Waals surface area contributed by atoms with E-state index in [0.717, 1.165) is 30.5 Å². The van der Waals surface area contributed by atoms with Gasteiger partial charge in [0.15, 0.2) is 11.5 Å². The van der Waals surface area contributed by atoms with Crippen molar-refractivity contribution < 1.29 is 9.47 Å². The van der Waals surface area contributed by atoms with E-state index >= 15 is 0 Å². The minimum Gasteiger partial charge on any atom is -0.370 e. The lowest BCUT2D eigenvalue weighted by molar-refractivity contribution is -0.0362. The number of nitrogens with one attached hydrogen (secondary N) is 1. The van der Waals surface area contributed by atoms with Crippen LogP contribution in [0.25, 0.3) is 5.65 Å². The first-order chi connectivity index (χ1) is 17.6. The van der Waals surface area contributed by atoms with Crippen LogP contribution < -0.4 is 5.32 Å². The summed E-state index contributed by atoms with van der Waals surface area (Å²) in [7, 11) is 0. The van der Waals surface area contributed by atoms with Crippen LogP contribution in [0, 0.1) is 5.92 Å². The maximum atomic E-state index is 6.53. The highest BCUT2D eigenvalue weighted by Gasteiger charge is 2.44. The Morgan fingerprint density at radius 3 is 2.78 bits per heavy atom. The highest BCUT2D eigenvalue weighted by Crippen LogP contribution is 2.41. The summed E-state index contributed by atoms with van der Waals surface area (Å²) in [5.41, 5.74) is 5.26. The molecule has 8 heteroatoms. The monoisotopic (exact) mass is 503 g/mol. The van der Waals surface area contributed by atoms with Crippen molar-refractivity contribution in [3.8, 4) is 0 Å². The number of ether oxygens (including phenoxy) is 2. The SMILES string of the molecule is CC[C@H]1O[C@@H](c2cnc3c(N[C@H]4CCc5ccccc54)nc(Cl)nn23)[C@H](OCc2ccccc2)[C@@H]1C. The number of halogens is 1. The molecule has 1 fully saturated rings. The van der Waals surface area contributed by atoms with Gasteiger partial charge in [0.05, 0.1) is 36.7 Å². The zero-order valence-electron chi connectivity index (χ0n) is 20.5. The number of nitrogens with zero attached hydrogens (tertiary/aromatic N) is 4. The van der Waals surface area contributed by atoms with Gasteiger partial charge < -0.3 is 14.8 Å². The van der Waals surface area contributed by atoms with E-state index in [-0.39, 0.29) is 35.6 Å². The average molecular weight is 504 g/mol. The van der Waals surface area contributed by atoms with Crippen LogP contribution in [-0.4, -0.2) is 31.8 Å². The second kappa shape index (κ2) is 9.81. The summed E-state index contributed by atoms with van der Waals surface area (Å²) >= 11 is 6.42. The Morgan fingerprint density at radius 1 is 1.14 bits per heavy atom. The molecule has 1 aliphatic heterocycles. The number of aromatic nitrogens is 4. The van der Waals surface area contributed by atoms with Gasteiger partial charge in [0.1, 0.15) is 6.10 Å². The van der Waals surface area contributed by atoms with Crippen LogP contribution in [0.1, 0.15) is 61.2 Å². The molecule has 6 rings (SSSR count). The van der Waals surface area contributed by atoms with Crippen molar-refractivity contribution >= 4 is 23.1 Å². The fourth-order valence-corrected chi connectivity index (χ4v) is 5.78. The number of imidazole rings is 1. The van der Waals surface area contributed by atoms with Crippen LogP contribution in [0.3, 0.4) is 0 Å². The van der Waals surface area contributed by atoms with Gasteiger partial charge >= 0.3 is 0 Å². The summed E-state index contributed by atoms with van der Waals surface area (Å²) in [5, 5.41) is 8.26. The number of aryl methyl sites for hydroxylation is 1. The van der Waals surface area contributed by atoms with E-state index in [2.05, 4.69) is 65.6 Å². The van der Waals surface area contributed by atoms with Crippen LogP contribution in [0.15, 0.2) is 60.8 Å². The van der Waals surface area contributed by atoms with E-state index in [4.69, 9.17) is 26.1 Å². The zero-order chi connectivity index (χ0) is 24.6.